The summed E-state index contributed by atoms with van der Waals surface area (Å²) in [4.78, 5) is 8.89. The largest absolute Gasteiger partial charge is 0.550 e. The fourth-order valence-corrected chi connectivity index (χ4v) is 1.71. The van der Waals surface area contributed by atoms with Crippen molar-refractivity contribution >= 4 is 5.97 Å². The molecule has 0 amide bonds. The van der Waals surface area contributed by atoms with Crippen LogP contribution in [-0.2, 0) is 24.3 Å². The molecule has 0 saturated carbocycles. The van der Waals surface area contributed by atoms with Crippen molar-refractivity contribution in [1.29, 1.82) is 0 Å². The molecule has 2 nitrogen and oxygen atoms in total. The molecule has 1 radical (unpaired) electrons. The molecule has 3 heteroatoms. The summed E-state index contributed by atoms with van der Waals surface area (Å²) in [7, 11) is 0. The maximum absolute atomic E-state index is 8.89. The van der Waals surface area contributed by atoms with E-state index < -0.39 is 5.97 Å². The molecule has 21 heavy (non-hydrogen) atoms. The summed E-state index contributed by atoms with van der Waals surface area (Å²) >= 11 is 0. The van der Waals surface area contributed by atoms with E-state index in [9.17, 15) is 0 Å². The number of rotatable bonds is 0. The second-order valence-corrected chi connectivity index (χ2v) is 4.69. The first-order valence-electron chi connectivity index (χ1n) is 7.51. The quantitative estimate of drug-likeness (QED) is 0.470. The topological polar surface area (TPSA) is 40.1 Å². The number of carboxylic acids is 1. The van der Waals surface area contributed by atoms with Crippen LogP contribution in [0.25, 0.3) is 0 Å². The molecule has 0 heterocycles. The molecule has 0 spiro atoms. The first kappa shape index (κ1) is 22.3. The molecule has 0 bridgehead atoms. The molecule has 2 aliphatic rings. The standard InChI is InChI=1S/2C8H12.C2H4O2.Rh/c2*1-2-4-6-8-7-5-3-1;1-2(3)4;/h2*1-2,7-8H,3-6H2;1H3,(H,3,4);/p-1/b2*2-1-,8-7-;;. The van der Waals surface area contributed by atoms with E-state index in [4.69, 9.17) is 9.90 Å². The summed E-state index contributed by atoms with van der Waals surface area (Å²) in [5, 5.41) is 8.89. The van der Waals surface area contributed by atoms with Crippen LogP contribution in [0.4, 0.5) is 0 Å². The second kappa shape index (κ2) is 19.1. The molecule has 0 aromatic carbocycles. The Hall–Kier alpha value is -0.947. The summed E-state index contributed by atoms with van der Waals surface area (Å²) in [6, 6.07) is 0. The molecule has 2 aliphatic carbocycles. The molecule has 0 aromatic heterocycles. The fraction of sp³-hybridized carbons (Fsp3) is 0.500. The molecule has 2 rings (SSSR count). The maximum atomic E-state index is 8.89. The van der Waals surface area contributed by atoms with Crippen molar-refractivity contribution in [3.63, 3.8) is 0 Å². The molecule has 121 valence electrons. The summed E-state index contributed by atoms with van der Waals surface area (Å²) in [6.07, 6.45) is 28.0. The van der Waals surface area contributed by atoms with E-state index in [0.717, 1.165) is 6.92 Å². The maximum Gasteiger partial charge on any atom is 0.0383 e. The number of carbonyl (C=O) groups is 1. The predicted octanol–water partition coefficient (Wildman–Crippen LogP) is 4.10. The number of aliphatic carboxylic acids is 1. The zero-order chi connectivity index (χ0) is 14.9. The van der Waals surface area contributed by atoms with Crippen LogP contribution >= 0.6 is 0 Å². The van der Waals surface area contributed by atoms with Crippen LogP contribution in [-0.4, -0.2) is 5.97 Å². The minimum atomic E-state index is -1.08. The minimum Gasteiger partial charge on any atom is -0.550 e. The first-order chi connectivity index (χ1) is 9.73. The molecule has 0 aliphatic heterocycles. The fourth-order valence-electron chi connectivity index (χ4n) is 1.71. The van der Waals surface area contributed by atoms with Crippen molar-refractivity contribution < 1.29 is 29.4 Å². The normalized spacial score (nSPS) is 22.5. The summed E-state index contributed by atoms with van der Waals surface area (Å²) in [6.45, 7) is 0.972. The van der Waals surface area contributed by atoms with E-state index in [1.165, 1.54) is 51.4 Å². The zero-order valence-corrected chi connectivity index (χ0v) is 14.6. The third-order valence-electron chi connectivity index (χ3n) is 2.67. The molecule has 0 fully saturated rings. The third kappa shape index (κ3) is 24.5. The zero-order valence-electron chi connectivity index (χ0n) is 12.9. The van der Waals surface area contributed by atoms with Gasteiger partial charge >= 0.3 is 0 Å². The minimum absolute atomic E-state index is 0. The van der Waals surface area contributed by atoms with Gasteiger partial charge in [0.25, 0.3) is 0 Å². The van der Waals surface area contributed by atoms with Gasteiger partial charge in [0.1, 0.15) is 0 Å². The van der Waals surface area contributed by atoms with Gasteiger partial charge in [-0.1, -0.05) is 48.6 Å². The third-order valence-corrected chi connectivity index (χ3v) is 2.67. The van der Waals surface area contributed by atoms with Gasteiger partial charge in [0.15, 0.2) is 0 Å². The Bertz CT molecular complexity index is 257. The van der Waals surface area contributed by atoms with E-state index in [-0.39, 0.29) is 19.5 Å². The van der Waals surface area contributed by atoms with Gasteiger partial charge < -0.3 is 9.90 Å². The summed E-state index contributed by atoms with van der Waals surface area (Å²) in [5.74, 6) is -1.08. The molecule has 0 unspecified atom stereocenters. The van der Waals surface area contributed by atoms with Crippen LogP contribution in [0.5, 0.6) is 0 Å². The SMILES string of the molecule is C1=C\CC/C=C\CC/1.C1=C\CC/C=C\CC/1.CC(=O)[O-].[Rh]. The smallest absolute Gasteiger partial charge is 0.0383 e. The number of carbonyl (C=O) groups excluding carboxylic acids is 1. The van der Waals surface area contributed by atoms with Crippen LogP contribution < -0.4 is 5.11 Å². The summed E-state index contributed by atoms with van der Waals surface area (Å²) < 4.78 is 0. The number of carboxylic acid groups (broad SMARTS) is 1. The van der Waals surface area contributed by atoms with Gasteiger partial charge in [-0.15, -0.1) is 0 Å². The van der Waals surface area contributed by atoms with Crippen molar-refractivity contribution in [3.05, 3.63) is 48.6 Å². The Labute approximate surface area is 142 Å². The number of hydrogen-bond acceptors (Lipinski definition) is 2. The Morgan fingerprint density at radius 2 is 0.714 bits per heavy atom. The number of hydrogen-bond donors (Lipinski definition) is 0. The van der Waals surface area contributed by atoms with Crippen molar-refractivity contribution in [2.75, 3.05) is 0 Å². The van der Waals surface area contributed by atoms with Crippen molar-refractivity contribution in [2.45, 2.75) is 58.3 Å². The molecule has 0 N–H and O–H groups in total. The van der Waals surface area contributed by atoms with Gasteiger partial charge in [-0.25, -0.2) is 0 Å². The monoisotopic (exact) mass is 378 g/mol. The van der Waals surface area contributed by atoms with Crippen molar-refractivity contribution in [2.24, 2.45) is 0 Å². The van der Waals surface area contributed by atoms with Crippen molar-refractivity contribution in [1.82, 2.24) is 0 Å². The molecular formula is C18H27O2Rh-. The van der Waals surface area contributed by atoms with Crippen LogP contribution in [0.15, 0.2) is 48.6 Å². The van der Waals surface area contributed by atoms with Gasteiger partial charge in [0.2, 0.25) is 0 Å². The first-order valence-corrected chi connectivity index (χ1v) is 7.51. The van der Waals surface area contributed by atoms with E-state index >= 15 is 0 Å². The summed E-state index contributed by atoms with van der Waals surface area (Å²) in [5.41, 5.74) is 0. The average molecular weight is 378 g/mol. The second-order valence-electron chi connectivity index (χ2n) is 4.69. The van der Waals surface area contributed by atoms with Gasteiger partial charge in [0.05, 0.1) is 0 Å². The Balaban J connectivity index is 0. The van der Waals surface area contributed by atoms with Crippen LogP contribution in [0.1, 0.15) is 58.3 Å². The van der Waals surface area contributed by atoms with E-state index in [1.54, 1.807) is 0 Å². The van der Waals surface area contributed by atoms with Crippen LogP contribution in [0.2, 0.25) is 0 Å². The van der Waals surface area contributed by atoms with Gasteiger partial charge in [-0.2, -0.15) is 0 Å². The van der Waals surface area contributed by atoms with Crippen LogP contribution in [0.3, 0.4) is 0 Å². The van der Waals surface area contributed by atoms with E-state index in [0.29, 0.717) is 0 Å². The molecule has 0 saturated heterocycles. The predicted molar refractivity (Wildman–Crippen MR) is 84.2 cm³/mol. The molecule has 0 aromatic rings. The molecule has 0 atom stereocenters. The molecular weight excluding hydrogens is 351 g/mol. The Morgan fingerprint density at radius 1 is 0.619 bits per heavy atom. The van der Waals surface area contributed by atoms with Crippen molar-refractivity contribution in [3.8, 4) is 0 Å². The van der Waals surface area contributed by atoms with Gasteiger partial charge in [-0.05, 0) is 58.3 Å². The van der Waals surface area contributed by atoms with Gasteiger partial charge in [-0.3, -0.25) is 0 Å². The average Bonchev–Trinajstić information content (AvgIpc) is 2.26. The van der Waals surface area contributed by atoms with Gasteiger partial charge in [0, 0.05) is 25.4 Å². The van der Waals surface area contributed by atoms with Crippen LogP contribution in [0, 0.1) is 0 Å². The van der Waals surface area contributed by atoms with E-state index in [1.807, 2.05) is 0 Å². The van der Waals surface area contributed by atoms with E-state index in [2.05, 4.69) is 48.6 Å². The Kier molecular flexibility index (Phi) is 20.3. The number of allylic oxidation sites excluding steroid dienone is 8. The Morgan fingerprint density at radius 3 is 0.810 bits per heavy atom.